The smallest absolute Gasteiger partial charge is 0.328 e. The minimum Gasteiger partial charge on any atom is -0.478 e. The Hall–Kier alpha value is -2.76. The number of nitrogens with zero attached hydrogens (tertiary/aromatic N) is 1. The number of imide groups is 1. The summed E-state index contributed by atoms with van der Waals surface area (Å²) >= 11 is 0. The largest absolute Gasteiger partial charge is 0.478 e. The Morgan fingerprint density at radius 1 is 1.05 bits per heavy atom. The number of hydrogen-bond acceptors (Lipinski definition) is 4. The van der Waals surface area contributed by atoms with Gasteiger partial charge in [0.15, 0.2) is 5.78 Å². The van der Waals surface area contributed by atoms with Gasteiger partial charge in [0.25, 0.3) is 11.8 Å². The van der Waals surface area contributed by atoms with Crippen LogP contribution in [0.5, 0.6) is 0 Å². The van der Waals surface area contributed by atoms with Gasteiger partial charge < -0.3 is 5.11 Å². The molecule has 0 saturated heterocycles. The molecule has 0 fully saturated rings. The molecule has 0 aliphatic carbocycles. The monoisotopic (exact) mass is 259 g/mol. The molecule has 0 saturated carbocycles. The second kappa shape index (κ2) is 4.85. The van der Waals surface area contributed by atoms with Crippen molar-refractivity contribution in [1.29, 1.82) is 0 Å². The van der Waals surface area contributed by atoms with Crippen molar-refractivity contribution in [3.8, 4) is 0 Å². The summed E-state index contributed by atoms with van der Waals surface area (Å²) in [4.78, 5) is 46.3. The van der Waals surface area contributed by atoms with Crippen LogP contribution in [0.15, 0.2) is 36.4 Å². The molecule has 1 heterocycles. The normalized spacial score (nSPS) is 14.0. The van der Waals surface area contributed by atoms with E-state index in [1.165, 1.54) is 12.1 Å². The molecule has 1 N–H and O–H groups in total. The summed E-state index contributed by atoms with van der Waals surface area (Å²) in [5, 5.41) is 8.38. The maximum Gasteiger partial charge on any atom is 0.328 e. The van der Waals surface area contributed by atoms with Crippen LogP contribution in [-0.2, 0) is 9.59 Å². The number of ketones is 1. The van der Waals surface area contributed by atoms with Crippen molar-refractivity contribution in [3.63, 3.8) is 0 Å². The maximum atomic E-state index is 11.9. The number of carboxylic acid groups (broad SMARTS) is 1. The Morgan fingerprint density at radius 2 is 1.58 bits per heavy atom. The number of carboxylic acids is 1. The topological polar surface area (TPSA) is 91.8 Å². The molecule has 0 radical (unpaired) electrons. The van der Waals surface area contributed by atoms with Crippen LogP contribution in [0.4, 0.5) is 0 Å². The van der Waals surface area contributed by atoms with E-state index in [9.17, 15) is 19.2 Å². The van der Waals surface area contributed by atoms with E-state index in [1.54, 1.807) is 12.1 Å². The molecule has 2 rings (SSSR count). The van der Waals surface area contributed by atoms with Gasteiger partial charge in [-0.25, -0.2) is 4.79 Å². The molecule has 1 aliphatic rings. The van der Waals surface area contributed by atoms with E-state index >= 15 is 0 Å². The first-order valence-electron chi connectivity index (χ1n) is 5.40. The van der Waals surface area contributed by atoms with Crippen LogP contribution in [0.3, 0.4) is 0 Å². The summed E-state index contributed by atoms with van der Waals surface area (Å²) in [7, 11) is 0. The lowest BCUT2D eigenvalue weighted by atomic mass is 10.1. The summed E-state index contributed by atoms with van der Waals surface area (Å²) in [5.74, 6) is -2.98. The third-order valence-electron chi connectivity index (χ3n) is 2.60. The molecule has 0 aromatic heterocycles. The van der Waals surface area contributed by atoms with Gasteiger partial charge in [0, 0.05) is 6.08 Å². The van der Waals surface area contributed by atoms with Gasteiger partial charge in [0.1, 0.15) is 0 Å². The predicted molar refractivity (Wildman–Crippen MR) is 63.6 cm³/mol. The van der Waals surface area contributed by atoms with Gasteiger partial charge in [0.2, 0.25) is 0 Å². The second-order valence-corrected chi connectivity index (χ2v) is 3.88. The van der Waals surface area contributed by atoms with E-state index in [0.29, 0.717) is 6.08 Å². The van der Waals surface area contributed by atoms with Gasteiger partial charge >= 0.3 is 5.97 Å². The summed E-state index contributed by atoms with van der Waals surface area (Å²) < 4.78 is 0. The molecule has 96 valence electrons. The first-order valence-corrected chi connectivity index (χ1v) is 5.40. The van der Waals surface area contributed by atoms with Crippen molar-refractivity contribution >= 4 is 23.6 Å². The maximum absolute atomic E-state index is 11.9. The Kier molecular flexibility index (Phi) is 3.24. The lowest BCUT2D eigenvalue weighted by Crippen LogP contribution is -2.34. The molecule has 19 heavy (non-hydrogen) atoms. The highest BCUT2D eigenvalue weighted by Gasteiger charge is 2.35. The van der Waals surface area contributed by atoms with Crippen LogP contribution in [0.1, 0.15) is 20.7 Å². The zero-order valence-corrected chi connectivity index (χ0v) is 9.70. The Morgan fingerprint density at radius 3 is 2.05 bits per heavy atom. The van der Waals surface area contributed by atoms with Crippen molar-refractivity contribution in [2.24, 2.45) is 0 Å². The number of benzene rings is 1. The Labute approximate surface area is 107 Å². The van der Waals surface area contributed by atoms with E-state index < -0.39 is 30.1 Å². The fraction of sp³-hybridized carbons (Fsp3) is 0.0769. The van der Waals surface area contributed by atoms with Gasteiger partial charge in [-0.05, 0) is 18.2 Å². The van der Waals surface area contributed by atoms with Gasteiger partial charge in [-0.2, -0.15) is 0 Å². The number of rotatable bonds is 4. The van der Waals surface area contributed by atoms with Crippen molar-refractivity contribution in [3.05, 3.63) is 47.5 Å². The van der Waals surface area contributed by atoms with Crippen LogP contribution in [-0.4, -0.2) is 40.1 Å². The Bertz CT molecular complexity index is 582. The standard InChI is InChI=1S/C13H9NO5/c15-8(5-6-11(16)17)7-14-12(18)9-3-1-2-4-10(9)13(14)19/h1-6H,7H2,(H,16,17)/b6-5+. The van der Waals surface area contributed by atoms with Gasteiger partial charge in [-0.3, -0.25) is 19.3 Å². The fourth-order valence-corrected chi connectivity index (χ4v) is 1.76. The summed E-state index contributed by atoms with van der Waals surface area (Å²) in [5.41, 5.74) is 0.505. The first kappa shape index (κ1) is 12.7. The highest BCUT2D eigenvalue weighted by atomic mass is 16.4. The van der Waals surface area contributed by atoms with E-state index in [1.807, 2.05) is 0 Å². The van der Waals surface area contributed by atoms with E-state index in [-0.39, 0.29) is 11.1 Å². The van der Waals surface area contributed by atoms with Crippen molar-refractivity contribution in [1.82, 2.24) is 4.90 Å². The van der Waals surface area contributed by atoms with Crippen LogP contribution >= 0.6 is 0 Å². The number of fused-ring (bicyclic) bond motifs is 1. The predicted octanol–water partition coefficient (Wildman–Crippen LogP) is 0.492. The molecule has 0 spiro atoms. The molecule has 1 aliphatic heterocycles. The number of carbonyl (C=O) groups excluding carboxylic acids is 3. The third-order valence-corrected chi connectivity index (χ3v) is 2.60. The highest BCUT2D eigenvalue weighted by Crippen LogP contribution is 2.21. The lowest BCUT2D eigenvalue weighted by Gasteiger charge is -2.10. The van der Waals surface area contributed by atoms with E-state index in [0.717, 1.165) is 11.0 Å². The van der Waals surface area contributed by atoms with Crippen LogP contribution < -0.4 is 0 Å². The molecule has 0 atom stereocenters. The van der Waals surface area contributed by atoms with Crippen molar-refractivity contribution in [2.45, 2.75) is 0 Å². The molecule has 1 aromatic carbocycles. The van der Waals surface area contributed by atoms with Gasteiger partial charge in [0.05, 0.1) is 17.7 Å². The minimum atomic E-state index is -1.27. The fourth-order valence-electron chi connectivity index (χ4n) is 1.76. The van der Waals surface area contributed by atoms with E-state index in [4.69, 9.17) is 5.11 Å². The first-order chi connectivity index (χ1) is 9.00. The van der Waals surface area contributed by atoms with E-state index in [2.05, 4.69) is 0 Å². The molecular weight excluding hydrogens is 250 g/mol. The Balaban J connectivity index is 2.17. The number of amides is 2. The molecule has 1 aromatic rings. The SMILES string of the molecule is O=C(O)/C=C/C(=O)CN1C(=O)c2ccccc2C1=O. The number of carbonyl (C=O) groups is 4. The summed E-state index contributed by atoms with van der Waals surface area (Å²) in [6.45, 7) is -0.462. The number of hydrogen-bond donors (Lipinski definition) is 1. The van der Waals surface area contributed by atoms with Gasteiger partial charge in [-0.15, -0.1) is 0 Å². The molecule has 6 heteroatoms. The molecule has 6 nitrogen and oxygen atoms in total. The quantitative estimate of drug-likeness (QED) is 0.627. The lowest BCUT2D eigenvalue weighted by molar-refractivity contribution is -0.131. The van der Waals surface area contributed by atoms with Crippen molar-refractivity contribution in [2.75, 3.05) is 6.54 Å². The van der Waals surface area contributed by atoms with Crippen LogP contribution in [0.2, 0.25) is 0 Å². The second-order valence-electron chi connectivity index (χ2n) is 3.88. The average Bonchev–Trinajstić information content (AvgIpc) is 2.62. The zero-order valence-electron chi connectivity index (χ0n) is 9.70. The third kappa shape index (κ3) is 2.42. The molecule has 2 amide bonds. The summed E-state index contributed by atoms with van der Waals surface area (Å²) in [6.07, 6.45) is 1.49. The van der Waals surface area contributed by atoms with Crippen LogP contribution in [0.25, 0.3) is 0 Å². The van der Waals surface area contributed by atoms with Gasteiger partial charge in [-0.1, -0.05) is 12.1 Å². The van der Waals surface area contributed by atoms with Crippen LogP contribution in [0, 0.1) is 0 Å². The average molecular weight is 259 g/mol. The molecular formula is C13H9NO5. The van der Waals surface area contributed by atoms with Crippen molar-refractivity contribution < 1.29 is 24.3 Å². The summed E-state index contributed by atoms with van der Waals surface area (Å²) in [6, 6.07) is 6.26. The molecule has 0 unspecified atom stereocenters. The zero-order chi connectivity index (χ0) is 14.0. The molecule has 0 bridgehead atoms. The highest BCUT2D eigenvalue weighted by molar-refractivity contribution is 6.22. The minimum absolute atomic E-state index is 0.252. The number of aliphatic carboxylic acids is 1.